The Balaban J connectivity index is 2.13. The van der Waals surface area contributed by atoms with Gasteiger partial charge in [0.2, 0.25) is 0 Å². The Morgan fingerprint density at radius 2 is 1.74 bits per heavy atom. The Morgan fingerprint density at radius 3 is 2.32 bits per heavy atom. The van der Waals surface area contributed by atoms with Gasteiger partial charge < -0.3 is 24.5 Å². The molecule has 1 aliphatic rings. The average Bonchev–Trinajstić information content (AvgIpc) is 3.01. The second-order valence-electron chi connectivity index (χ2n) is 8.01. The lowest BCUT2D eigenvalue weighted by Crippen LogP contribution is -2.35. The van der Waals surface area contributed by atoms with Crippen molar-refractivity contribution < 1.29 is 19.4 Å². The molecule has 3 rings (SSSR count). The Labute approximate surface area is 183 Å². The topological polar surface area (TPSA) is 73.3 Å². The Bertz CT molecular complexity index is 996. The molecule has 0 bridgehead atoms. The molecule has 1 atom stereocenters. The number of amides is 1. The van der Waals surface area contributed by atoms with Crippen LogP contribution in [0.15, 0.2) is 54.1 Å². The number of nitrogens with zero attached hydrogens (tertiary/aromatic N) is 3. The van der Waals surface area contributed by atoms with E-state index in [2.05, 4.69) is 0 Å². The Kier molecular flexibility index (Phi) is 6.65. The second kappa shape index (κ2) is 9.22. The molecule has 1 N–H and O–H groups in total. The third-order valence-corrected chi connectivity index (χ3v) is 5.40. The van der Waals surface area contributed by atoms with E-state index >= 15 is 0 Å². The molecule has 0 spiro atoms. The molecule has 0 aromatic heterocycles. The second-order valence-corrected chi connectivity index (χ2v) is 8.01. The lowest BCUT2D eigenvalue weighted by atomic mass is 9.95. The van der Waals surface area contributed by atoms with Gasteiger partial charge in [-0.3, -0.25) is 9.59 Å². The van der Waals surface area contributed by atoms with Crippen LogP contribution < -0.4 is 9.64 Å². The summed E-state index contributed by atoms with van der Waals surface area (Å²) >= 11 is 0. The van der Waals surface area contributed by atoms with Crippen LogP contribution in [0, 0.1) is 0 Å². The van der Waals surface area contributed by atoms with Crippen LogP contribution in [0.25, 0.3) is 5.76 Å². The summed E-state index contributed by atoms with van der Waals surface area (Å²) in [4.78, 5) is 31.4. The van der Waals surface area contributed by atoms with Crippen molar-refractivity contribution in [1.82, 2.24) is 9.80 Å². The van der Waals surface area contributed by atoms with Gasteiger partial charge >= 0.3 is 0 Å². The number of benzene rings is 2. The predicted octanol–water partition coefficient (Wildman–Crippen LogP) is 2.74. The summed E-state index contributed by atoms with van der Waals surface area (Å²) in [6.45, 7) is 0.963. The van der Waals surface area contributed by atoms with Crippen LogP contribution in [0.3, 0.4) is 0 Å². The van der Waals surface area contributed by atoms with Crippen molar-refractivity contribution in [3.05, 3.63) is 65.2 Å². The number of rotatable bonds is 7. The van der Waals surface area contributed by atoms with Crippen molar-refractivity contribution >= 4 is 23.1 Å². The highest BCUT2D eigenvalue weighted by Crippen LogP contribution is 2.40. The third-order valence-electron chi connectivity index (χ3n) is 5.40. The molecule has 1 fully saturated rings. The van der Waals surface area contributed by atoms with E-state index in [0.29, 0.717) is 24.4 Å². The number of likely N-dealkylation sites (N-methyl/N-ethyl adjacent to an activating group) is 1. The van der Waals surface area contributed by atoms with Crippen molar-refractivity contribution in [3.8, 4) is 5.75 Å². The number of Topliss-reactive ketones (excluding diaryl/α,β-unsaturated/α-hetero) is 1. The van der Waals surface area contributed by atoms with Gasteiger partial charge in [0.15, 0.2) is 0 Å². The zero-order valence-electron chi connectivity index (χ0n) is 18.6. The number of hydrogen-bond donors (Lipinski definition) is 1. The zero-order chi connectivity index (χ0) is 22.7. The van der Waals surface area contributed by atoms with Gasteiger partial charge in [-0.2, -0.15) is 0 Å². The minimum Gasteiger partial charge on any atom is -0.507 e. The number of carbonyl (C=O) groups excluding carboxylic acids is 2. The van der Waals surface area contributed by atoms with Crippen molar-refractivity contribution in [2.45, 2.75) is 6.04 Å². The van der Waals surface area contributed by atoms with E-state index in [1.807, 2.05) is 62.3 Å². The third kappa shape index (κ3) is 4.56. The van der Waals surface area contributed by atoms with E-state index < -0.39 is 17.7 Å². The van der Waals surface area contributed by atoms with Crippen LogP contribution in [-0.4, -0.2) is 75.0 Å². The number of ether oxygens (including phenoxy) is 1. The summed E-state index contributed by atoms with van der Waals surface area (Å²) < 4.78 is 5.24. The van der Waals surface area contributed by atoms with Crippen molar-refractivity contribution in [2.24, 2.45) is 0 Å². The van der Waals surface area contributed by atoms with Gasteiger partial charge in [0.25, 0.3) is 11.7 Å². The van der Waals surface area contributed by atoms with Crippen molar-refractivity contribution in [1.29, 1.82) is 0 Å². The molecule has 2 aromatic carbocycles. The van der Waals surface area contributed by atoms with E-state index in [-0.39, 0.29) is 11.3 Å². The summed E-state index contributed by atoms with van der Waals surface area (Å²) in [5.74, 6) is -0.933. The van der Waals surface area contributed by atoms with Crippen LogP contribution in [0.2, 0.25) is 0 Å². The summed E-state index contributed by atoms with van der Waals surface area (Å²) in [6.07, 6.45) is 0. The van der Waals surface area contributed by atoms with Gasteiger partial charge in [0.05, 0.1) is 18.7 Å². The normalized spacial score (nSPS) is 18.0. The van der Waals surface area contributed by atoms with E-state index in [0.717, 1.165) is 11.3 Å². The molecule has 7 heteroatoms. The molecule has 2 aromatic rings. The van der Waals surface area contributed by atoms with Gasteiger partial charge in [0.1, 0.15) is 11.5 Å². The number of aliphatic hydroxyl groups excluding tert-OH is 1. The number of hydrogen-bond acceptors (Lipinski definition) is 6. The van der Waals surface area contributed by atoms with Crippen LogP contribution in [0.5, 0.6) is 5.75 Å². The smallest absolute Gasteiger partial charge is 0.295 e. The zero-order valence-corrected chi connectivity index (χ0v) is 18.6. The average molecular weight is 424 g/mol. The monoisotopic (exact) mass is 423 g/mol. The van der Waals surface area contributed by atoms with Crippen LogP contribution in [0.4, 0.5) is 5.69 Å². The highest BCUT2D eigenvalue weighted by Gasteiger charge is 2.45. The molecule has 0 radical (unpaired) electrons. The van der Waals surface area contributed by atoms with Gasteiger partial charge in [-0.1, -0.05) is 24.3 Å². The maximum absolute atomic E-state index is 13.0. The molecule has 1 saturated heterocycles. The standard InChI is InChI=1S/C24H29N3O4/c1-25(2)13-14-27-21(16-9-11-18(12-10-16)26(3)4)20(23(29)24(27)30)22(28)17-7-6-8-19(15-17)31-5/h6-12,15,21,28H,13-14H2,1-5H3/b22-20+. The van der Waals surface area contributed by atoms with Crippen molar-refractivity contribution in [2.75, 3.05) is 53.3 Å². The number of ketones is 1. The first kappa shape index (κ1) is 22.4. The van der Waals surface area contributed by atoms with Crippen LogP contribution in [-0.2, 0) is 9.59 Å². The van der Waals surface area contributed by atoms with Gasteiger partial charge in [-0.15, -0.1) is 0 Å². The van der Waals surface area contributed by atoms with E-state index in [4.69, 9.17) is 4.74 Å². The minimum atomic E-state index is -0.680. The molecule has 1 heterocycles. The summed E-state index contributed by atoms with van der Waals surface area (Å²) in [5, 5.41) is 11.1. The fraction of sp³-hybridized carbons (Fsp3) is 0.333. The quantitative estimate of drug-likeness (QED) is 0.419. The highest BCUT2D eigenvalue weighted by atomic mass is 16.5. The Hall–Kier alpha value is -3.32. The minimum absolute atomic E-state index is 0.0922. The van der Waals surface area contributed by atoms with E-state index in [1.165, 1.54) is 7.11 Å². The molecular formula is C24H29N3O4. The SMILES string of the molecule is COc1cccc(/C(O)=C2\C(=O)C(=O)N(CCN(C)C)C2c2ccc(N(C)C)cc2)c1. The summed E-state index contributed by atoms with van der Waals surface area (Å²) in [6, 6.07) is 13.8. The molecule has 7 nitrogen and oxygen atoms in total. The lowest BCUT2D eigenvalue weighted by Gasteiger charge is -2.27. The van der Waals surface area contributed by atoms with Crippen LogP contribution >= 0.6 is 0 Å². The molecule has 0 aliphatic carbocycles. The number of anilines is 1. The van der Waals surface area contributed by atoms with Gasteiger partial charge in [-0.25, -0.2) is 0 Å². The maximum atomic E-state index is 13.0. The molecule has 31 heavy (non-hydrogen) atoms. The molecule has 1 aliphatic heterocycles. The lowest BCUT2D eigenvalue weighted by molar-refractivity contribution is -0.140. The molecular weight excluding hydrogens is 394 g/mol. The number of carbonyl (C=O) groups is 2. The highest BCUT2D eigenvalue weighted by molar-refractivity contribution is 6.46. The summed E-state index contributed by atoms with van der Waals surface area (Å²) in [5.41, 5.74) is 2.30. The maximum Gasteiger partial charge on any atom is 0.295 e. The Morgan fingerprint density at radius 1 is 1.06 bits per heavy atom. The predicted molar refractivity (Wildman–Crippen MR) is 121 cm³/mol. The van der Waals surface area contributed by atoms with Gasteiger partial charge in [0, 0.05) is 38.4 Å². The molecule has 0 saturated carbocycles. The number of aliphatic hydroxyl groups is 1. The van der Waals surface area contributed by atoms with Crippen LogP contribution in [0.1, 0.15) is 17.2 Å². The van der Waals surface area contributed by atoms with E-state index in [9.17, 15) is 14.7 Å². The first-order valence-electron chi connectivity index (χ1n) is 10.1. The number of methoxy groups -OCH3 is 1. The van der Waals surface area contributed by atoms with Crippen molar-refractivity contribution in [3.63, 3.8) is 0 Å². The molecule has 164 valence electrons. The fourth-order valence-electron chi connectivity index (χ4n) is 3.65. The molecule has 1 unspecified atom stereocenters. The summed E-state index contributed by atoms with van der Waals surface area (Å²) in [7, 11) is 9.25. The molecule has 1 amide bonds. The van der Waals surface area contributed by atoms with Gasteiger partial charge in [-0.05, 0) is 43.9 Å². The first-order chi connectivity index (χ1) is 14.7. The van der Waals surface area contributed by atoms with E-state index in [1.54, 1.807) is 29.2 Å². The largest absolute Gasteiger partial charge is 0.507 e. The fourth-order valence-corrected chi connectivity index (χ4v) is 3.65. The number of likely N-dealkylation sites (tertiary alicyclic amines) is 1. The first-order valence-corrected chi connectivity index (χ1v) is 10.1.